The molecule has 2 fully saturated rings. The van der Waals surface area contributed by atoms with Gasteiger partial charge in [-0.3, -0.25) is 9.59 Å². The fourth-order valence-corrected chi connectivity index (χ4v) is 8.38. The molecular formula is C39H42Cl3F6N3O5. The van der Waals surface area contributed by atoms with Crippen LogP contribution in [0.3, 0.4) is 0 Å². The van der Waals surface area contributed by atoms with E-state index in [-0.39, 0.29) is 78.9 Å². The Morgan fingerprint density at radius 1 is 0.929 bits per heavy atom. The molecule has 6 rings (SSSR count). The van der Waals surface area contributed by atoms with Gasteiger partial charge in [-0.25, -0.2) is 0 Å². The molecule has 56 heavy (non-hydrogen) atoms. The molecule has 0 saturated carbocycles. The number of aliphatic hydroxyl groups is 1. The molecule has 3 aliphatic rings. The molecule has 17 heteroatoms. The van der Waals surface area contributed by atoms with Crippen molar-refractivity contribution >= 4 is 47.4 Å². The van der Waals surface area contributed by atoms with Crippen molar-refractivity contribution in [3.05, 3.63) is 104 Å². The zero-order chi connectivity index (χ0) is 39.6. The van der Waals surface area contributed by atoms with E-state index in [4.69, 9.17) is 37.8 Å². The van der Waals surface area contributed by atoms with E-state index in [9.17, 15) is 35.9 Å². The van der Waals surface area contributed by atoms with Crippen molar-refractivity contribution in [2.45, 2.75) is 61.6 Å². The van der Waals surface area contributed by atoms with Gasteiger partial charge in [0.15, 0.2) is 0 Å². The Kier molecular flexibility index (Phi) is 14.0. The van der Waals surface area contributed by atoms with Gasteiger partial charge in [-0.1, -0.05) is 53.5 Å². The molecule has 1 spiro atoms. The number of nitrogens with zero attached hydrogens (tertiary/aromatic N) is 2. The second kappa shape index (κ2) is 17.8. The molecule has 1 aliphatic carbocycles. The second-order valence-electron chi connectivity index (χ2n) is 14.3. The van der Waals surface area contributed by atoms with Crippen LogP contribution in [0.15, 0.2) is 60.7 Å². The van der Waals surface area contributed by atoms with E-state index in [2.05, 4.69) is 22.3 Å². The lowest BCUT2D eigenvalue weighted by molar-refractivity contribution is -0.143. The van der Waals surface area contributed by atoms with E-state index in [1.807, 2.05) is 12.1 Å². The van der Waals surface area contributed by atoms with Gasteiger partial charge in [-0.15, -0.1) is 12.4 Å². The Morgan fingerprint density at radius 2 is 1.61 bits per heavy atom. The predicted octanol–water partition coefficient (Wildman–Crippen LogP) is 7.68. The van der Waals surface area contributed by atoms with Crippen LogP contribution in [-0.4, -0.2) is 91.9 Å². The lowest BCUT2D eigenvalue weighted by atomic mass is 9.72. The number of benzene rings is 3. The highest BCUT2D eigenvalue weighted by molar-refractivity contribution is 6.42. The Morgan fingerprint density at radius 3 is 2.25 bits per heavy atom. The summed E-state index contributed by atoms with van der Waals surface area (Å²) in [6.45, 7) is 1.74. The maximum atomic E-state index is 13.8. The average molecular weight is 853 g/mol. The smallest absolute Gasteiger partial charge is 0.396 e. The summed E-state index contributed by atoms with van der Waals surface area (Å²) in [7, 11) is 0. The van der Waals surface area contributed by atoms with Crippen molar-refractivity contribution in [3.8, 4) is 0 Å². The monoisotopic (exact) mass is 851 g/mol. The van der Waals surface area contributed by atoms with E-state index in [1.54, 1.807) is 18.2 Å². The number of fused-ring (bicyclic) bond motifs is 2. The minimum absolute atomic E-state index is 0. The van der Waals surface area contributed by atoms with Gasteiger partial charge in [0.1, 0.15) is 12.2 Å². The number of ether oxygens (including phenoxy) is 2. The summed E-state index contributed by atoms with van der Waals surface area (Å²) in [6.07, 6.45) is -7.58. The molecule has 306 valence electrons. The maximum Gasteiger partial charge on any atom is 0.416 e. The molecule has 0 radical (unpaired) electrons. The van der Waals surface area contributed by atoms with Gasteiger partial charge in [0, 0.05) is 37.2 Å². The Labute approximate surface area is 336 Å². The number of piperidine rings is 1. The maximum absolute atomic E-state index is 13.8. The first-order valence-electron chi connectivity index (χ1n) is 18.0. The van der Waals surface area contributed by atoms with Gasteiger partial charge in [0.2, 0.25) is 5.91 Å². The molecule has 8 nitrogen and oxygen atoms in total. The summed E-state index contributed by atoms with van der Waals surface area (Å²) in [4.78, 5) is 29.7. The number of halogens is 9. The summed E-state index contributed by atoms with van der Waals surface area (Å²) in [5, 5.41) is 12.3. The molecule has 0 bridgehead atoms. The first kappa shape index (κ1) is 44.0. The third-order valence-corrected chi connectivity index (χ3v) is 11.7. The van der Waals surface area contributed by atoms with Crippen LogP contribution in [0.2, 0.25) is 10.0 Å². The van der Waals surface area contributed by atoms with Crippen molar-refractivity contribution in [2.24, 2.45) is 0 Å². The summed E-state index contributed by atoms with van der Waals surface area (Å²) in [6, 6.07) is 13.9. The minimum Gasteiger partial charge on any atom is -0.396 e. The van der Waals surface area contributed by atoms with Crippen molar-refractivity contribution in [2.75, 3.05) is 59.1 Å². The zero-order valence-corrected chi connectivity index (χ0v) is 32.5. The van der Waals surface area contributed by atoms with Gasteiger partial charge in [0.05, 0.1) is 40.4 Å². The van der Waals surface area contributed by atoms with Gasteiger partial charge in [0.25, 0.3) is 5.91 Å². The van der Waals surface area contributed by atoms with Crippen molar-refractivity contribution in [1.82, 2.24) is 15.1 Å². The Bertz CT molecular complexity index is 1840. The third kappa shape index (κ3) is 9.60. The van der Waals surface area contributed by atoms with E-state index >= 15 is 0 Å². The van der Waals surface area contributed by atoms with Crippen molar-refractivity contribution in [3.63, 3.8) is 0 Å². The van der Waals surface area contributed by atoms with Crippen molar-refractivity contribution in [1.29, 1.82) is 0 Å². The molecule has 2 saturated heterocycles. The summed E-state index contributed by atoms with van der Waals surface area (Å²) in [5.41, 5.74) is -2.50. The second-order valence-corrected chi connectivity index (χ2v) is 15.1. The van der Waals surface area contributed by atoms with E-state index in [0.717, 1.165) is 12.8 Å². The molecule has 3 aromatic carbocycles. The van der Waals surface area contributed by atoms with Crippen LogP contribution in [0, 0.1) is 0 Å². The number of nitrogens with one attached hydrogen (secondary N) is 1. The number of hydrogen-bond acceptors (Lipinski definition) is 6. The zero-order valence-electron chi connectivity index (χ0n) is 30.2. The Hall–Kier alpha value is -3.11. The predicted molar refractivity (Wildman–Crippen MR) is 200 cm³/mol. The van der Waals surface area contributed by atoms with Crippen LogP contribution in [-0.2, 0) is 44.1 Å². The van der Waals surface area contributed by atoms with Crippen LogP contribution in [0.5, 0.6) is 0 Å². The highest BCUT2D eigenvalue weighted by Gasteiger charge is 2.50. The highest BCUT2D eigenvalue weighted by atomic mass is 35.5. The number of carbonyl (C=O) groups is 2. The quantitative estimate of drug-likeness (QED) is 0.152. The van der Waals surface area contributed by atoms with E-state index in [1.165, 1.54) is 16.0 Å². The highest BCUT2D eigenvalue weighted by Crippen LogP contribution is 2.48. The number of hydrogen-bond donors (Lipinski definition) is 2. The van der Waals surface area contributed by atoms with Crippen LogP contribution in [0.25, 0.3) is 0 Å². The lowest BCUT2D eigenvalue weighted by Gasteiger charge is -2.46. The molecule has 2 heterocycles. The molecule has 0 unspecified atom stereocenters. The number of likely N-dealkylation sites (tertiary alicyclic amines) is 1. The van der Waals surface area contributed by atoms with Crippen LogP contribution in [0.4, 0.5) is 26.3 Å². The first-order valence-corrected chi connectivity index (χ1v) is 18.8. The van der Waals surface area contributed by atoms with Crippen LogP contribution in [0.1, 0.15) is 63.9 Å². The third-order valence-electron chi connectivity index (χ3n) is 11.0. The number of amides is 2. The van der Waals surface area contributed by atoms with E-state index < -0.39 is 40.6 Å². The summed E-state index contributed by atoms with van der Waals surface area (Å²) >= 11 is 12.7. The minimum atomic E-state index is -5.11. The fourth-order valence-electron chi connectivity index (χ4n) is 8.08. The number of alkyl halides is 6. The number of rotatable bonds is 11. The van der Waals surface area contributed by atoms with Gasteiger partial charge in [-0.05, 0) is 92.2 Å². The number of morpholine rings is 1. The van der Waals surface area contributed by atoms with Gasteiger partial charge in [-0.2, -0.15) is 26.3 Å². The molecule has 0 aromatic heterocycles. The summed E-state index contributed by atoms with van der Waals surface area (Å²) < 4.78 is 94.7. The fraction of sp³-hybridized carbons (Fsp3) is 0.487. The average Bonchev–Trinajstić information content (AvgIpc) is 3.46. The lowest BCUT2D eigenvalue weighted by Crippen LogP contribution is -2.54. The standard InChI is InChI=1S/C39H41Cl2F6N3O5.ClH/c40-31-7-6-27(22-32(31)41)37(24-50(15-17-55-37)35(53)26-18-28(38(42,43)44)21-29(19-26)39(45,46)47)10-14-49-12-8-36(9-13-49)30-5-2-1-4-25(30)20-33(36)54-23-34(52)48-11-3-16-51;/h1-2,4-7,18-19,21-22,33,51H,3,8-17,20,23-24H2,(H,48,52);1H/t33-,37+;/m0./s1. The van der Waals surface area contributed by atoms with Gasteiger partial charge < -0.3 is 29.7 Å². The van der Waals surface area contributed by atoms with E-state index in [0.29, 0.717) is 63.1 Å². The topological polar surface area (TPSA) is 91.3 Å². The van der Waals surface area contributed by atoms with Crippen LogP contribution < -0.4 is 5.32 Å². The normalized spacial score (nSPS) is 21.1. The van der Waals surface area contributed by atoms with Gasteiger partial charge >= 0.3 is 12.4 Å². The first-order chi connectivity index (χ1) is 26.0. The van der Waals surface area contributed by atoms with Crippen molar-refractivity contribution < 1.29 is 50.5 Å². The molecule has 2 atom stereocenters. The molecule has 2 N–H and O–H groups in total. The van der Waals surface area contributed by atoms with Crippen LogP contribution >= 0.6 is 35.6 Å². The SMILES string of the molecule is Cl.O=C(CO[C@H]1Cc2ccccc2C12CCN(CC[C@]1(c3ccc(Cl)c(Cl)c3)CN(C(=O)c3cc(C(F)(F)F)cc(C(F)(F)F)c3)CCO1)CC2)NCCCO. The molecular weight excluding hydrogens is 811 g/mol. The molecule has 2 amide bonds. The molecule has 2 aliphatic heterocycles. The number of carbonyl (C=O) groups excluding carboxylic acids is 2. The number of aliphatic hydroxyl groups excluding tert-OH is 1. The molecule has 3 aromatic rings. The largest absolute Gasteiger partial charge is 0.416 e. The Balaban J connectivity index is 0.00000600. The summed E-state index contributed by atoms with van der Waals surface area (Å²) in [5.74, 6) is -1.24.